The third kappa shape index (κ3) is 1.66. The lowest BCUT2D eigenvalue weighted by Crippen LogP contribution is -2.13. The van der Waals surface area contributed by atoms with Gasteiger partial charge in [-0.25, -0.2) is 0 Å². The minimum atomic E-state index is 0.263. The molecular weight excluding hydrogens is 114 g/mol. The van der Waals surface area contributed by atoms with Crippen molar-refractivity contribution in [1.29, 1.82) is 0 Å². The van der Waals surface area contributed by atoms with Crippen molar-refractivity contribution in [2.75, 3.05) is 13.7 Å². The van der Waals surface area contributed by atoms with Gasteiger partial charge in [-0.2, -0.15) is 0 Å². The van der Waals surface area contributed by atoms with Crippen LogP contribution in [0.4, 0.5) is 0 Å². The van der Waals surface area contributed by atoms with Crippen LogP contribution < -0.4 is 5.73 Å². The van der Waals surface area contributed by atoms with E-state index in [-0.39, 0.29) is 5.60 Å². The molecule has 2 N–H and O–H groups in total. The zero-order chi connectivity index (χ0) is 6.74. The number of hydrogen-bond donors (Lipinski definition) is 1. The molecule has 0 aromatic carbocycles. The van der Waals surface area contributed by atoms with Crippen molar-refractivity contribution < 1.29 is 4.74 Å². The molecule has 1 aliphatic rings. The van der Waals surface area contributed by atoms with Gasteiger partial charge in [-0.3, -0.25) is 0 Å². The first-order valence-corrected chi connectivity index (χ1v) is 3.58. The maximum Gasteiger partial charge on any atom is 0.0681 e. The normalized spacial score (nSPS) is 22.0. The van der Waals surface area contributed by atoms with Crippen LogP contribution in [0.1, 0.15) is 25.7 Å². The van der Waals surface area contributed by atoms with E-state index in [1.54, 1.807) is 7.11 Å². The molecule has 1 aliphatic carbocycles. The van der Waals surface area contributed by atoms with Crippen molar-refractivity contribution in [3.63, 3.8) is 0 Å². The number of hydrogen-bond acceptors (Lipinski definition) is 2. The zero-order valence-electron chi connectivity index (χ0n) is 6.02. The van der Waals surface area contributed by atoms with E-state index in [1.165, 1.54) is 12.8 Å². The largest absolute Gasteiger partial charge is 0.378 e. The van der Waals surface area contributed by atoms with E-state index in [2.05, 4.69) is 0 Å². The molecular formula is C7H15NO. The predicted octanol–water partition coefficient (Wildman–Crippen LogP) is 0.904. The van der Waals surface area contributed by atoms with Crippen LogP contribution in [0.15, 0.2) is 0 Å². The molecule has 0 amide bonds. The molecule has 0 unspecified atom stereocenters. The van der Waals surface area contributed by atoms with E-state index in [0.29, 0.717) is 0 Å². The van der Waals surface area contributed by atoms with E-state index >= 15 is 0 Å². The number of rotatable bonds is 4. The van der Waals surface area contributed by atoms with Gasteiger partial charge < -0.3 is 10.5 Å². The van der Waals surface area contributed by atoms with Gasteiger partial charge in [0.15, 0.2) is 0 Å². The molecule has 0 radical (unpaired) electrons. The first-order valence-electron chi connectivity index (χ1n) is 3.58. The lowest BCUT2D eigenvalue weighted by molar-refractivity contribution is 0.0716. The molecule has 0 aromatic heterocycles. The fourth-order valence-electron chi connectivity index (χ4n) is 1.12. The second kappa shape index (κ2) is 2.67. The third-order valence-electron chi connectivity index (χ3n) is 2.08. The average Bonchev–Trinajstić information content (AvgIpc) is 2.65. The molecule has 0 spiro atoms. The molecule has 0 aliphatic heterocycles. The van der Waals surface area contributed by atoms with Gasteiger partial charge in [0.05, 0.1) is 5.60 Å². The molecule has 1 rings (SSSR count). The van der Waals surface area contributed by atoms with E-state index < -0.39 is 0 Å². The third-order valence-corrected chi connectivity index (χ3v) is 2.08. The molecule has 2 heteroatoms. The van der Waals surface area contributed by atoms with E-state index in [1.807, 2.05) is 0 Å². The summed E-state index contributed by atoms with van der Waals surface area (Å²) in [4.78, 5) is 0. The van der Waals surface area contributed by atoms with Gasteiger partial charge in [0.2, 0.25) is 0 Å². The summed E-state index contributed by atoms with van der Waals surface area (Å²) in [5.74, 6) is 0. The van der Waals surface area contributed by atoms with Crippen LogP contribution in [0.5, 0.6) is 0 Å². The first kappa shape index (κ1) is 7.03. The monoisotopic (exact) mass is 129 g/mol. The summed E-state index contributed by atoms with van der Waals surface area (Å²) in [6.07, 6.45) is 4.74. The molecule has 54 valence electrons. The second-order valence-electron chi connectivity index (χ2n) is 2.78. The molecule has 2 nitrogen and oxygen atoms in total. The van der Waals surface area contributed by atoms with Crippen molar-refractivity contribution in [1.82, 2.24) is 0 Å². The number of ether oxygens (including phenoxy) is 1. The van der Waals surface area contributed by atoms with Crippen LogP contribution >= 0.6 is 0 Å². The van der Waals surface area contributed by atoms with E-state index in [9.17, 15) is 0 Å². The van der Waals surface area contributed by atoms with E-state index in [4.69, 9.17) is 10.5 Å². The van der Waals surface area contributed by atoms with Crippen LogP contribution in [0.2, 0.25) is 0 Å². The molecule has 1 fully saturated rings. The van der Waals surface area contributed by atoms with Gasteiger partial charge in [-0.15, -0.1) is 0 Å². The Balaban J connectivity index is 2.10. The maximum absolute atomic E-state index is 5.36. The van der Waals surface area contributed by atoms with Crippen LogP contribution in [-0.4, -0.2) is 19.3 Å². The highest BCUT2D eigenvalue weighted by molar-refractivity contribution is 4.94. The van der Waals surface area contributed by atoms with Crippen LogP contribution in [0.3, 0.4) is 0 Å². The Labute approximate surface area is 56.4 Å². The second-order valence-corrected chi connectivity index (χ2v) is 2.78. The molecule has 0 saturated heterocycles. The summed E-state index contributed by atoms with van der Waals surface area (Å²) in [5.41, 5.74) is 5.63. The molecule has 0 heterocycles. The Hall–Kier alpha value is -0.0800. The Morgan fingerprint density at radius 3 is 2.56 bits per heavy atom. The summed E-state index contributed by atoms with van der Waals surface area (Å²) in [7, 11) is 1.80. The van der Waals surface area contributed by atoms with Gasteiger partial charge in [0.25, 0.3) is 0 Å². The van der Waals surface area contributed by atoms with Gasteiger partial charge in [-0.05, 0) is 32.2 Å². The Kier molecular flexibility index (Phi) is 2.09. The smallest absolute Gasteiger partial charge is 0.0681 e. The summed E-state index contributed by atoms with van der Waals surface area (Å²) in [6.45, 7) is 0.797. The first-order chi connectivity index (χ1) is 4.33. The maximum atomic E-state index is 5.36. The number of methoxy groups -OCH3 is 1. The van der Waals surface area contributed by atoms with Gasteiger partial charge in [0.1, 0.15) is 0 Å². The van der Waals surface area contributed by atoms with Crippen LogP contribution in [0, 0.1) is 0 Å². The molecule has 0 aromatic rings. The Morgan fingerprint density at radius 1 is 1.56 bits per heavy atom. The van der Waals surface area contributed by atoms with Crippen LogP contribution in [0.25, 0.3) is 0 Å². The van der Waals surface area contributed by atoms with Crippen molar-refractivity contribution in [2.45, 2.75) is 31.3 Å². The highest BCUT2D eigenvalue weighted by Gasteiger charge is 2.41. The van der Waals surface area contributed by atoms with Gasteiger partial charge in [0, 0.05) is 7.11 Å². The zero-order valence-corrected chi connectivity index (χ0v) is 6.02. The minimum absolute atomic E-state index is 0.263. The van der Waals surface area contributed by atoms with E-state index in [0.717, 1.165) is 19.4 Å². The van der Waals surface area contributed by atoms with Gasteiger partial charge in [-0.1, -0.05) is 0 Å². The predicted molar refractivity (Wildman–Crippen MR) is 37.3 cm³/mol. The topological polar surface area (TPSA) is 35.2 Å². The average molecular weight is 129 g/mol. The minimum Gasteiger partial charge on any atom is -0.378 e. The Bertz CT molecular complexity index is 88.9. The SMILES string of the molecule is COC1(CCCN)CC1. The lowest BCUT2D eigenvalue weighted by atomic mass is 10.2. The highest BCUT2D eigenvalue weighted by Crippen LogP contribution is 2.42. The van der Waals surface area contributed by atoms with Crippen LogP contribution in [-0.2, 0) is 4.74 Å². The van der Waals surface area contributed by atoms with Crippen molar-refractivity contribution in [3.8, 4) is 0 Å². The summed E-state index contributed by atoms with van der Waals surface area (Å²) >= 11 is 0. The quantitative estimate of drug-likeness (QED) is 0.612. The fourth-order valence-corrected chi connectivity index (χ4v) is 1.12. The van der Waals surface area contributed by atoms with Crippen molar-refractivity contribution in [3.05, 3.63) is 0 Å². The lowest BCUT2D eigenvalue weighted by Gasteiger charge is -2.10. The summed E-state index contributed by atoms with van der Waals surface area (Å²) in [6, 6.07) is 0. The Morgan fingerprint density at radius 2 is 2.22 bits per heavy atom. The molecule has 1 saturated carbocycles. The molecule has 9 heavy (non-hydrogen) atoms. The summed E-state index contributed by atoms with van der Waals surface area (Å²) in [5, 5.41) is 0. The van der Waals surface area contributed by atoms with Crippen molar-refractivity contribution >= 4 is 0 Å². The molecule has 0 atom stereocenters. The fraction of sp³-hybridized carbons (Fsp3) is 1.00. The summed E-state index contributed by atoms with van der Waals surface area (Å²) < 4.78 is 5.30. The molecule has 0 bridgehead atoms. The van der Waals surface area contributed by atoms with Crippen molar-refractivity contribution in [2.24, 2.45) is 5.73 Å². The highest BCUT2D eigenvalue weighted by atomic mass is 16.5. The van der Waals surface area contributed by atoms with Gasteiger partial charge >= 0.3 is 0 Å². The number of nitrogens with two attached hydrogens (primary N) is 1. The standard InChI is InChI=1S/C7H15NO/c1-9-7(4-5-7)3-2-6-8/h2-6,8H2,1H3.